The minimum absolute atomic E-state index is 0.0320. The molecule has 2 aliphatic rings. The van der Waals surface area contributed by atoms with Crippen molar-refractivity contribution < 1.29 is 18.4 Å². The quantitative estimate of drug-likeness (QED) is 0.489. The van der Waals surface area contributed by atoms with Gasteiger partial charge in [0, 0.05) is 19.3 Å². The van der Waals surface area contributed by atoms with Crippen LogP contribution in [0.2, 0.25) is 0 Å². The number of pyridine rings is 2. The summed E-state index contributed by atoms with van der Waals surface area (Å²) in [4.78, 5) is 35.7. The molecule has 0 radical (unpaired) electrons. The lowest BCUT2D eigenvalue weighted by Crippen LogP contribution is -2.44. The topological polar surface area (TPSA) is 99.2 Å². The van der Waals surface area contributed by atoms with Crippen molar-refractivity contribution in [3.8, 4) is 11.3 Å². The van der Waals surface area contributed by atoms with Crippen LogP contribution in [0.15, 0.2) is 42.6 Å². The lowest BCUT2D eigenvalue weighted by molar-refractivity contribution is -0.131. The molecule has 4 heterocycles. The molecule has 5 rings (SSSR count). The highest BCUT2D eigenvalue weighted by atomic mass is 19.1. The van der Waals surface area contributed by atoms with Crippen molar-refractivity contribution >= 4 is 23.3 Å². The van der Waals surface area contributed by atoms with Gasteiger partial charge in [-0.3, -0.25) is 9.59 Å². The highest BCUT2D eigenvalue weighted by Gasteiger charge is 2.27. The van der Waals surface area contributed by atoms with Gasteiger partial charge in [0.05, 0.1) is 41.2 Å². The summed E-state index contributed by atoms with van der Waals surface area (Å²) in [6.45, 7) is 1.98. The Labute approximate surface area is 207 Å². The Morgan fingerprint density at radius 3 is 2.58 bits per heavy atom. The number of halogens is 2. The fraction of sp³-hybridized carbons (Fsp3) is 0.308. The Morgan fingerprint density at radius 1 is 1.14 bits per heavy atom. The molecule has 2 amide bonds. The number of nitrogens with zero attached hydrogens (tertiary/aromatic N) is 3. The molecule has 0 atom stereocenters. The predicted octanol–water partition coefficient (Wildman–Crippen LogP) is 3.16. The lowest BCUT2D eigenvalue weighted by Gasteiger charge is -2.31. The Kier molecular flexibility index (Phi) is 6.60. The van der Waals surface area contributed by atoms with E-state index in [-0.39, 0.29) is 42.1 Å². The van der Waals surface area contributed by atoms with Gasteiger partial charge in [-0.1, -0.05) is 12.1 Å². The molecule has 0 unspecified atom stereocenters. The third kappa shape index (κ3) is 4.76. The van der Waals surface area contributed by atoms with E-state index in [1.54, 1.807) is 18.3 Å². The molecular formula is C26H26F2N6O2. The second-order valence-electron chi connectivity index (χ2n) is 9.00. The number of benzene rings is 1. The van der Waals surface area contributed by atoms with Crippen molar-refractivity contribution in [3.05, 3.63) is 71.1 Å². The Morgan fingerprint density at radius 2 is 1.89 bits per heavy atom. The van der Waals surface area contributed by atoms with Crippen molar-refractivity contribution in [3.63, 3.8) is 0 Å². The molecule has 0 bridgehead atoms. The van der Waals surface area contributed by atoms with Crippen molar-refractivity contribution in [2.45, 2.75) is 31.8 Å². The van der Waals surface area contributed by atoms with E-state index in [2.05, 4.69) is 25.9 Å². The average Bonchev–Trinajstić information content (AvgIpc) is 3.26. The number of fused-ring (bicyclic) bond motifs is 1. The minimum Gasteiger partial charge on any atom is -0.346 e. The highest BCUT2D eigenvalue weighted by Crippen LogP contribution is 2.33. The maximum Gasteiger partial charge on any atom is 0.255 e. The first kappa shape index (κ1) is 23.8. The molecule has 0 saturated carbocycles. The van der Waals surface area contributed by atoms with Crippen LogP contribution in [0.4, 0.5) is 20.3 Å². The number of carbonyl (C=O) groups excluding carboxylic acids is 2. The van der Waals surface area contributed by atoms with Gasteiger partial charge in [-0.05, 0) is 55.8 Å². The van der Waals surface area contributed by atoms with Gasteiger partial charge in [-0.15, -0.1) is 0 Å². The van der Waals surface area contributed by atoms with Gasteiger partial charge in [0.2, 0.25) is 5.91 Å². The van der Waals surface area contributed by atoms with E-state index in [0.29, 0.717) is 22.8 Å². The van der Waals surface area contributed by atoms with Crippen LogP contribution in [-0.2, 0) is 17.8 Å². The first-order chi connectivity index (χ1) is 17.4. The van der Waals surface area contributed by atoms with Gasteiger partial charge in [0.15, 0.2) is 0 Å². The van der Waals surface area contributed by atoms with Crippen LogP contribution in [0.25, 0.3) is 11.3 Å². The van der Waals surface area contributed by atoms with Gasteiger partial charge in [0.1, 0.15) is 17.5 Å². The smallest absolute Gasteiger partial charge is 0.255 e. The van der Waals surface area contributed by atoms with Crippen LogP contribution in [0.5, 0.6) is 0 Å². The Balaban J connectivity index is 1.36. The fourth-order valence-corrected chi connectivity index (χ4v) is 4.64. The van der Waals surface area contributed by atoms with Crippen molar-refractivity contribution in [2.24, 2.45) is 0 Å². The average molecular weight is 493 g/mol. The highest BCUT2D eigenvalue weighted by molar-refractivity contribution is 6.04. The molecule has 0 spiro atoms. The van der Waals surface area contributed by atoms with Gasteiger partial charge < -0.3 is 20.9 Å². The number of rotatable bonds is 6. The predicted molar refractivity (Wildman–Crippen MR) is 131 cm³/mol. The number of nitrogens with one attached hydrogen (secondary N) is 3. The summed E-state index contributed by atoms with van der Waals surface area (Å²) in [5.74, 6) is -1.36. The summed E-state index contributed by atoms with van der Waals surface area (Å²) in [6.07, 6.45) is 3.71. The number of aromatic nitrogens is 2. The number of amides is 2. The van der Waals surface area contributed by atoms with E-state index in [1.807, 2.05) is 11.9 Å². The summed E-state index contributed by atoms with van der Waals surface area (Å²) in [5, 5.41) is 9.07. The molecule has 3 N–H and O–H groups in total. The van der Waals surface area contributed by atoms with Gasteiger partial charge in [-0.2, -0.15) is 0 Å². The molecule has 8 nitrogen and oxygen atoms in total. The number of piperidine rings is 1. The van der Waals surface area contributed by atoms with Crippen LogP contribution >= 0.6 is 0 Å². The maximum absolute atomic E-state index is 14.4. The van der Waals surface area contributed by atoms with Crippen LogP contribution < -0.4 is 16.0 Å². The number of hydrogen-bond acceptors (Lipinski definition) is 6. The van der Waals surface area contributed by atoms with E-state index in [1.165, 1.54) is 12.1 Å². The molecule has 2 aliphatic heterocycles. The van der Waals surface area contributed by atoms with E-state index in [9.17, 15) is 18.4 Å². The minimum atomic E-state index is -0.743. The zero-order valence-corrected chi connectivity index (χ0v) is 19.8. The van der Waals surface area contributed by atoms with Crippen LogP contribution in [0.1, 0.15) is 34.5 Å². The van der Waals surface area contributed by atoms with Gasteiger partial charge >= 0.3 is 0 Å². The molecule has 3 aromatic rings. The van der Waals surface area contributed by atoms with Crippen molar-refractivity contribution in [2.75, 3.05) is 25.5 Å². The molecule has 0 aliphatic carbocycles. The molecule has 1 saturated heterocycles. The summed E-state index contributed by atoms with van der Waals surface area (Å²) >= 11 is 0. The van der Waals surface area contributed by atoms with Gasteiger partial charge in [0.25, 0.3) is 5.91 Å². The molecule has 2 aromatic heterocycles. The fourth-order valence-electron chi connectivity index (χ4n) is 4.64. The molecule has 1 fully saturated rings. The van der Waals surface area contributed by atoms with Crippen LogP contribution in [0, 0.1) is 11.6 Å². The number of carbonyl (C=O) groups is 2. The van der Waals surface area contributed by atoms with Crippen molar-refractivity contribution in [1.29, 1.82) is 0 Å². The maximum atomic E-state index is 14.4. The third-order valence-corrected chi connectivity index (χ3v) is 6.65. The third-order valence-electron chi connectivity index (χ3n) is 6.65. The molecule has 10 heteroatoms. The molecule has 36 heavy (non-hydrogen) atoms. The number of hydrogen-bond donors (Lipinski definition) is 3. The largest absolute Gasteiger partial charge is 0.346 e. The lowest BCUT2D eigenvalue weighted by atomic mass is 10.0. The SMILES string of the molecule is CN(C(=O)Cc1ccc(Nc2cc(-c3c(F)cccc3F)nc3c2C(=O)NC3)nc1)C1CCNCC1. The second kappa shape index (κ2) is 9.98. The van der Waals surface area contributed by atoms with Gasteiger partial charge in [-0.25, -0.2) is 18.7 Å². The Bertz CT molecular complexity index is 1290. The Hall–Kier alpha value is -3.92. The second-order valence-corrected chi connectivity index (χ2v) is 9.00. The first-order valence-electron chi connectivity index (χ1n) is 11.9. The summed E-state index contributed by atoms with van der Waals surface area (Å²) in [7, 11) is 1.84. The molecule has 186 valence electrons. The van der Waals surface area contributed by atoms with E-state index < -0.39 is 11.6 Å². The molecular weight excluding hydrogens is 466 g/mol. The monoisotopic (exact) mass is 492 g/mol. The van der Waals surface area contributed by atoms with E-state index in [0.717, 1.165) is 43.6 Å². The zero-order valence-electron chi connectivity index (χ0n) is 19.8. The van der Waals surface area contributed by atoms with Crippen LogP contribution in [-0.4, -0.2) is 52.9 Å². The normalized spacial score (nSPS) is 15.4. The summed E-state index contributed by atoms with van der Waals surface area (Å²) in [6, 6.07) is 8.78. The summed E-state index contributed by atoms with van der Waals surface area (Å²) in [5.41, 5.74) is 1.62. The number of anilines is 2. The van der Waals surface area contributed by atoms with E-state index >= 15 is 0 Å². The first-order valence-corrected chi connectivity index (χ1v) is 11.9. The zero-order chi connectivity index (χ0) is 25.2. The standard InChI is InChI=1S/C26H26F2N6O2/c1-34(16-7-9-29-10-8-16)23(35)11-15-5-6-22(30-13-15)33-20-12-19(24-17(27)3-2-4-18(24)28)32-21-14-31-26(36)25(20)21/h2-6,12-13,16,29H,7-11,14H2,1H3,(H,31,36)(H,30,32,33). The van der Waals surface area contributed by atoms with E-state index in [4.69, 9.17) is 0 Å². The molecule has 1 aromatic carbocycles. The number of likely N-dealkylation sites (N-methyl/N-ethyl adjacent to an activating group) is 1. The van der Waals surface area contributed by atoms with Crippen LogP contribution in [0.3, 0.4) is 0 Å². The van der Waals surface area contributed by atoms with Crippen molar-refractivity contribution in [1.82, 2.24) is 25.5 Å². The summed E-state index contributed by atoms with van der Waals surface area (Å²) < 4.78 is 28.8.